The number of benzene rings is 1. The monoisotopic (exact) mass is 283 g/mol. The molecule has 6 heteroatoms. The molecule has 1 atom stereocenters. The summed E-state index contributed by atoms with van der Waals surface area (Å²) in [6, 6.07) is 7.94. The minimum Gasteiger partial charge on any atom is -0.348 e. The van der Waals surface area contributed by atoms with Crippen molar-refractivity contribution in [3.8, 4) is 0 Å². The molecule has 0 saturated carbocycles. The second kappa shape index (κ2) is 5.88. The minimum atomic E-state index is -0.329. The minimum absolute atomic E-state index is 0.329. The quantitative estimate of drug-likeness (QED) is 0.746. The summed E-state index contributed by atoms with van der Waals surface area (Å²) < 4.78 is 5.25. The summed E-state index contributed by atoms with van der Waals surface area (Å²) in [5.74, 6) is 1.10. The van der Waals surface area contributed by atoms with Crippen molar-refractivity contribution in [1.29, 1.82) is 0 Å². The second-order valence-electron chi connectivity index (χ2n) is 5.10. The maximum absolute atomic E-state index is 6.07. The van der Waals surface area contributed by atoms with E-state index in [1.807, 2.05) is 0 Å². The van der Waals surface area contributed by atoms with Crippen molar-refractivity contribution in [3.63, 3.8) is 0 Å². The molecule has 0 bridgehead atoms. The van der Waals surface area contributed by atoms with E-state index in [1.165, 1.54) is 5.56 Å². The van der Waals surface area contributed by atoms with Crippen LogP contribution in [0.5, 0.6) is 0 Å². The Bertz CT molecular complexity index is 687. The maximum Gasteiger partial charge on any atom is 0.243 e. The average molecular weight is 283 g/mol. The van der Waals surface area contributed by atoms with Crippen LogP contribution in [-0.4, -0.2) is 20.1 Å². The van der Waals surface area contributed by atoms with E-state index < -0.39 is 0 Å². The van der Waals surface area contributed by atoms with Crippen molar-refractivity contribution in [2.24, 2.45) is 5.73 Å². The lowest BCUT2D eigenvalue weighted by atomic mass is 10.1. The number of nitrogens with zero attached hydrogens (tertiary/aromatic N) is 3. The summed E-state index contributed by atoms with van der Waals surface area (Å²) in [4.78, 5) is 11.3. The van der Waals surface area contributed by atoms with Crippen molar-refractivity contribution >= 4 is 0 Å². The Labute approximate surface area is 122 Å². The smallest absolute Gasteiger partial charge is 0.243 e. The zero-order chi connectivity index (χ0) is 14.7. The normalized spacial score (nSPS) is 12.5. The molecule has 0 aliphatic rings. The highest BCUT2D eigenvalue weighted by Crippen LogP contribution is 2.14. The molecule has 3 N–H and O–H groups in total. The number of imidazole rings is 1. The van der Waals surface area contributed by atoms with Crippen LogP contribution in [0.2, 0.25) is 0 Å². The fraction of sp³-hybridized carbons (Fsp3) is 0.267. The molecule has 0 fully saturated rings. The van der Waals surface area contributed by atoms with Gasteiger partial charge in [0.05, 0.1) is 12.4 Å². The van der Waals surface area contributed by atoms with Crippen LogP contribution in [0.3, 0.4) is 0 Å². The summed E-state index contributed by atoms with van der Waals surface area (Å²) in [7, 11) is 0. The number of hydrogen-bond donors (Lipinski definition) is 2. The van der Waals surface area contributed by atoms with Gasteiger partial charge in [0.25, 0.3) is 0 Å². The molecule has 108 valence electrons. The SMILES string of the molecule is Cc1ccc(Cc2noc(C(N)Cc3cnc[nH]3)n2)cc1. The molecular formula is C15H17N5O. The Morgan fingerprint density at radius 2 is 2.10 bits per heavy atom. The highest BCUT2D eigenvalue weighted by atomic mass is 16.5. The van der Waals surface area contributed by atoms with E-state index in [0.717, 1.165) is 11.3 Å². The van der Waals surface area contributed by atoms with Crippen LogP contribution in [0.1, 0.15) is 34.6 Å². The van der Waals surface area contributed by atoms with Gasteiger partial charge in [0.2, 0.25) is 5.89 Å². The highest BCUT2D eigenvalue weighted by Gasteiger charge is 2.16. The molecule has 0 radical (unpaired) electrons. The number of nitrogens with two attached hydrogens (primary N) is 1. The molecule has 3 aromatic rings. The molecule has 6 nitrogen and oxygen atoms in total. The van der Waals surface area contributed by atoms with Crippen molar-refractivity contribution < 1.29 is 4.52 Å². The van der Waals surface area contributed by atoms with Crippen LogP contribution in [-0.2, 0) is 12.8 Å². The van der Waals surface area contributed by atoms with E-state index in [0.29, 0.717) is 24.6 Å². The Balaban J connectivity index is 1.66. The first-order chi connectivity index (χ1) is 10.2. The first kappa shape index (κ1) is 13.5. The Morgan fingerprint density at radius 3 is 2.81 bits per heavy atom. The van der Waals surface area contributed by atoms with Crippen LogP contribution in [0.15, 0.2) is 41.3 Å². The largest absolute Gasteiger partial charge is 0.348 e. The van der Waals surface area contributed by atoms with Crippen molar-refractivity contribution in [3.05, 3.63) is 65.3 Å². The van der Waals surface area contributed by atoms with Crippen LogP contribution < -0.4 is 5.73 Å². The molecule has 2 aromatic heterocycles. The molecule has 0 aliphatic carbocycles. The van der Waals surface area contributed by atoms with Gasteiger partial charge in [0, 0.05) is 24.7 Å². The first-order valence-electron chi connectivity index (χ1n) is 6.81. The van der Waals surface area contributed by atoms with E-state index in [4.69, 9.17) is 10.3 Å². The van der Waals surface area contributed by atoms with E-state index in [1.54, 1.807) is 12.5 Å². The lowest BCUT2D eigenvalue weighted by molar-refractivity contribution is 0.350. The van der Waals surface area contributed by atoms with E-state index in [9.17, 15) is 0 Å². The molecule has 0 saturated heterocycles. The van der Waals surface area contributed by atoms with Gasteiger partial charge in [-0.25, -0.2) is 4.98 Å². The third kappa shape index (κ3) is 3.35. The molecule has 1 unspecified atom stereocenters. The third-order valence-corrected chi connectivity index (χ3v) is 3.28. The second-order valence-corrected chi connectivity index (χ2v) is 5.10. The lowest BCUT2D eigenvalue weighted by Crippen LogP contribution is -2.14. The van der Waals surface area contributed by atoms with Gasteiger partial charge in [-0.2, -0.15) is 4.98 Å². The number of nitrogens with one attached hydrogen (secondary N) is 1. The number of aromatic amines is 1. The topological polar surface area (TPSA) is 93.6 Å². The van der Waals surface area contributed by atoms with Crippen molar-refractivity contribution in [2.75, 3.05) is 0 Å². The van der Waals surface area contributed by atoms with Crippen molar-refractivity contribution in [2.45, 2.75) is 25.8 Å². The number of H-pyrrole nitrogens is 1. The molecule has 1 aromatic carbocycles. The molecule has 0 aliphatic heterocycles. The van der Waals surface area contributed by atoms with Gasteiger partial charge in [0.15, 0.2) is 5.82 Å². The molecular weight excluding hydrogens is 266 g/mol. The fourth-order valence-electron chi connectivity index (χ4n) is 2.10. The zero-order valence-corrected chi connectivity index (χ0v) is 11.8. The fourth-order valence-corrected chi connectivity index (χ4v) is 2.10. The first-order valence-corrected chi connectivity index (χ1v) is 6.81. The molecule has 21 heavy (non-hydrogen) atoms. The Hall–Kier alpha value is -2.47. The van der Waals surface area contributed by atoms with Gasteiger partial charge in [-0.15, -0.1) is 0 Å². The Morgan fingerprint density at radius 1 is 1.29 bits per heavy atom. The summed E-state index contributed by atoms with van der Waals surface area (Å²) in [6.45, 7) is 2.06. The van der Waals surface area contributed by atoms with Gasteiger partial charge in [0.1, 0.15) is 0 Å². The van der Waals surface area contributed by atoms with Gasteiger partial charge in [-0.1, -0.05) is 35.0 Å². The van der Waals surface area contributed by atoms with Gasteiger partial charge >= 0.3 is 0 Å². The van der Waals surface area contributed by atoms with Crippen LogP contribution in [0.4, 0.5) is 0 Å². The summed E-state index contributed by atoms with van der Waals surface area (Å²) in [5.41, 5.74) is 9.39. The number of hydrogen-bond acceptors (Lipinski definition) is 5. The van der Waals surface area contributed by atoms with Gasteiger partial charge in [-0.3, -0.25) is 0 Å². The molecule has 2 heterocycles. The van der Waals surface area contributed by atoms with Crippen LogP contribution in [0.25, 0.3) is 0 Å². The molecule has 3 rings (SSSR count). The highest BCUT2D eigenvalue weighted by molar-refractivity contribution is 5.23. The average Bonchev–Trinajstić information content (AvgIpc) is 3.13. The summed E-state index contributed by atoms with van der Waals surface area (Å²) >= 11 is 0. The van der Waals surface area contributed by atoms with E-state index >= 15 is 0 Å². The zero-order valence-electron chi connectivity index (χ0n) is 11.8. The maximum atomic E-state index is 6.07. The van der Waals surface area contributed by atoms with Gasteiger partial charge in [-0.05, 0) is 12.5 Å². The number of rotatable bonds is 5. The third-order valence-electron chi connectivity index (χ3n) is 3.28. The van der Waals surface area contributed by atoms with E-state index in [2.05, 4.69) is 51.3 Å². The summed E-state index contributed by atoms with van der Waals surface area (Å²) in [5, 5.41) is 3.99. The lowest BCUT2D eigenvalue weighted by Gasteiger charge is -2.03. The van der Waals surface area contributed by atoms with Crippen molar-refractivity contribution in [1.82, 2.24) is 20.1 Å². The Kier molecular flexibility index (Phi) is 3.79. The summed E-state index contributed by atoms with van der Waals surface area (Å²) in [6.07, 6.45) is 4.59. The predicted molar refractivity (Wildman–Crippen MR) is 77.5 cm³/mol. The number of aromatic nitrogens is 4. The van der Waals surface area contributed by atoms with Gasteiger partial charge < -0.3 is 15.2 Å². The molecule has 0 spiro atoms. The van der Waals surface area contributed by atoms with E-state index in [-0.39, 0.29) is 6.04 Å². The van der Waals surface area contributed by atoms with Crippen LogP contribution >= 0.6 is 0 Å². The van der Waals surface area contributed by atoms with Crippen LogP contribution in [0, 0.1) is 6.92 Å². The predicted octanol–water partition coefficient (Wildman–Crippen LogP) is 1.93. The number of aryl methyl sites for hydroxylation is 1. The molecule has 0 amide bonds. The standard InChI is InChI=1S/C15H17N5O/c1-10-2-4-11(5-3-10)6-14-19-15(21-20-14)13(16)7-12-8-17-9-18-12/h2-5,8-9,13H,6-7,16H2,1H3,(H,17,18).